The highest BCUT2D eigenvalue weighted by Crippen LogP contribution is 2.39. The topological polar surface area (TPSA) is 24.4 Å². The smallest absolute Gasteiger partial charge is 0.1000 e. The van der Waals surface area contributed by atoms with E-state index in [0.29, 0.717) is 6.04 Å². The van der Waals surface area contributed by atoms with Gasteiger partial charge in [0.15, 0.2) is 0 Å². The average molecular weight is 288 g/mol. The fourth-order valence-corrected chi connectivity index (χ4v) is 5.47. The molecule has 0 spiro atoms. The van der Waals surface area contributed by atoms with Crippen molar-refractivity contribution in [3.8, 4) is 0 Å². The van der Waals surface area contributed by atoms with Crippen LogP contribution in [-0.2, 0) is 0 Å². The molecule has 2 nitrogen and oxygen atoms in total. The largest absolute Gasteiger partial charge is 0.371 e. The molecule has 3 aliphatic carbocycles. The van der Waals surface area contributed by atoms with Crippen molar-refractivity contribution >= 4 is 5.84 Å². The van der Waals surface area contributed by atoms with Crippen molar-refractivity contribution in [3.05, 3.63) is 0 Å². The zero-order valence-corrected chi connectivity index (χ0v) is 13.5. The van der Waals surface area contributed by atoms with Crippen LogP contribution in [0, 0.1) is 17.8 Å². The Morgan fingerprint density at radius 2 is 1.62 bits per heavy atom. The van der Waals surface area contributed by atoms with Crippen molar-refractivity contribution in [2.45, 2.75) is 95.6 Å². The van der Waals surface area contributed by atoms with E-state index in [2.05, 4.69) is 5.32 Å². The van der Waals surface area contributed by atoms with Crippen molar-refractivity contribution in [3.63, 3.8) is 0 Å². The molecule has 0 aromatic carbocycles. The van der Waals surface area contributed by atoms with Gasteiger partial charge in [0.25, 0.3) is 0 Å². The van der Waals surface area contributed by atoms with Crippen LogP contribution in [0.15, 0.2) is 4.99 Å². The van der Waals surface area contributed by atoms with E-state index in [1.165, 1.54) is 89.3 Å². The number of hydrogen-bond acceptors (Lipinski definition) is 1. The number of nitrogens with zero attached hydrogens (tertiary/aromatic N) is 1. The molecule has 3 saturated carbocycles. The first-order valence-electron chi connectivity index (χ1n) is 9.72. The van der Waals surface area contributed by atoms with Crippen LogP contribution in [0.3, 0.4) is 0 Å². The van der Waals surface area contributed by atoms with Crippen molar-refractivity contribution in [2.24, 2.45) is 22.7 Å². The first-order valence-corrected chi connectivity index (χ1v) is 9.72. The lowest BCUT2D eigenvalue weighted by atomic mass is 9.80. The van der Waals surface area contributed by atoms with E-state index in [1.807, 2.05) is 0 Å². The number of nitrogens with one attached hydrogen (secondary N) is 1. The Labute approximate surface area is 130 Å². The lowest BCUT2D eigenvalue weighted by Crippen LogP contribution is -2.49. The Morgan fingerprint density at radius 3 is 2.33 bits per heavy atom. The third-order valence-corrected chi connectivity index (χ3v) is 6.75. The standard InChI is InChI=1S/C19H32N2/c1-2-5-14(6-3-1)13-16-7-4-8-18(16)21-19-15-9-11-17(20-19)12-10-15/h14-18H,1-13H2,(H,20,21)/t15?,16-,17?,18-/m1/s1. The summed E-state index contributed by atoms with van der Waals surface area (Å²) >= 11 is 0. The predicted octanol–water partition coefficient (Wildman–Crippen LogP) is 4.69. The van der Waals surface area contributed by atoms with Crippen LogP contribution in [0.25, 0.3) is 0 Å². The molecule has 5 aliphatic rings. The maximum Gasteiger partial charge on any atom is 0.1000 e. The van der Waals surface area contributed by atoms with E-state index in [-0.39, 0.29) is 0 Å². The summed E-state index contributed by atoms with van der Waals surface area (Å²) in [6.07, 6.45) is 18.8. The molecule has 2 heteroatoms. The molecule has 5 rings (SSSR count). The Balaban J connectivity index is 1.39. The second-order valence-electron chi connectivity index (χ2n) is 8.21. The average Bonchev–Trinajstić information content (AvgIpc) is 2.96. The third-order valence-electron chi connectivity index (χ3n) is 6.75. The van der Waals surface area contributed by atoms with Crippen LogP contribution in [0.5, 0.6) is 0 Å². The molecule has 118 valence electrons. The summed E-state index contributed by atoms with van der Waals surface area (Å²) in [7, 11) is 0. The lowest BCUT2D eigenvalue weighted by molar-refractivity contribution is 0.274. The van der Waals surface area contributed by atoms with Crippen molar-refractivity contribution in [2.75, 3.05) is 0 Å². The summed E-state index contributed by atoms with van der Waals surface area (Å²) in [6.45, 7) is 0. The quantitative estimate of drug-likeness (QED) is 0.800. The van der Waals surface area contributed by atoms with E-state index >= 15 is 0 Å². The molecule has 1 N–H and O–H groups in total. The predicted molar refractivity (Wildman–Crippen MR) is 88.6 cm³/mol. The van der Waals surface area contributed by atoms with Gasteiger partial charge in [0.2, 0.25) is 0 Å². The van der Waals surface area contributed by atoms with Gasteiger partial charge >= 0.3 is 0 Å². The van der Waals surface area contributed by atoms with Crippen LogP contribution in [-0.4, -0.2) is 17.9 Å². The van der Waals surface area contributed by atoms with Gasteiger partial charge in [-0.2, -0.15) is 0 Å². The molecule has 2 atom stereocenters. The van der Waals surface area contributed by atoms with Gasteiger partial charge in [-0.05, 0) is 56.8 Å². The summed E-state index contributed by atoms with van der Waals surface area (Å²) in [6, 6.07) is 1.42. The van der Waals surface area contributed by atoms with Gasteiger partial charge in [0, 0.05) is 12.0 Å². The number of rotatable bonds is 3. The van der Waals surface area contributed by atoms with E-state index in [4.69, 9.17) is 4.99 Å². The number of fused-ring (bicyclic) bond motifs is 3. The summed E-state index contributed by atoms with van der Waals surface area (Å²) in [5.41, 5.74) is 0. The third kappa shape index (κ3) is 3.14. The normalized spacial score (nSPS) is 42.4. The lowest BCUT2D eigenvalue weighted by Gasteiger charge is -2.39. The van der Waals surface area contributed by atoms with Crippen LogP contribution >= 0.6 is 0 Å². The molecule has 2 aliphatic heterocycles. The first kappa shape index (κ1) is 14.1. The molecule has 21 heavy (non-hydrogen) atoms. The molecule has 0 unspecified atom stereocenters. The summed E-state index contributed by atoms with van der Waals surface area (Å²) in [5, 5.41) is 3.75. The molecule has 2 bridgehead atoms. The van der Waals surface area contributed by atoms with Crippen molar-refractivity contribution < 1.29 is 0 Å². The zero-order chi connectivity index (χ0) is 14.1. The summed E-state index contributed by atoms with van der Waals surface area (Å²) in [4.78, 5) is 5.27. The van der Waals surface area contributed by atoms with Gasteiger partial charge < -0.3 is 5.32 Å². The maximum absolute atomic E-state index is 5.27. The minimum atomic E-state index is 0.661. The molecule has 2 heterocycles. The Hall–Kier alpha value is -0.530. The van der Waals surface area contributed by atoms with E-state index in [1.54, 1.807) is 0 Å². The first-order chi connectivity index (χ1) is 10.4. The molecule has 0 amide bonds. The fourth-order valence-electron chi connectivity index (χ4n) is 5.47. The zero-order valence-electron chi connectivity index (χ0n) is 13.5. The Bertz CT molecular complexity index is 375. The molecule has 2 saturated heterocycles. The van der Waals surface area contributed by atoms with Crippen molar-refractivity contribution in [1.82, 2.24) is 5.32 Å². The number of hydrogen-bond donors (Lipinski definition) is 1. The number of amidine groups is 1. The van der Waals surface area contributed by atoms with Gasteiger partial charge in [-0.25, -0.2) is 0 Å². The second-order valence-corrected chi connectivity index (χ2v) is 8.21. The van der Waals surface area contributed by atoms with Gasteiger partial charge in [-0.15, -0.1) is 0 Å². The molecule has 0 aromatic heterocycles. The van der Waals surface area contributed by atoms with Crippen LogP contribution in [0.2, 0.25) is 0 Å². The van der Waals surface area contributed by atoms with Crippen LogP contribution in [0.1, 0.15) is 83.5 Å². The molecular formula is C19H32N2. The summed E-state index contributed by atoms with van der Waals surface area (Å²) < 4.78 is 0. The van der Waals surface area contributed by atoms with Crippen LogP contribution < -0.4 is 5.32 Å². The second kappa shape index (κ2) is 6.30. The number of piperidine rings is 2. The maximum atomic E-state index is 5.27. The molecule has 0 radical (unpaired) electrons. The van der Waals surface area contributed by atoms with Gasteiger partial charge in [0.1, 0.15) is 0 Å². The van der Waals surface area contributed by atoms with E-state index in [0.717, 1.165) is 23.8 Å². The molecule has 5 fully saturated rings. The van der Waals surface area contributed by atoms with Crippen molar-refractivity contribution in [1.29, 1.82) is 0 Å². The Morgan fingerprint density at radius 1 is 0.810 bits per heavy atom. The van der Waals surface area contributed by atoms with E-state index < -0.39 is 0 Å². The van der Waals surface area contributed by atoms with Gasteiger partial charge in [0.05, 0.1) is 11.9 Å². The number of aliphatic imine (C=N–C) groups is 1. The molecular weight excluding hydrogens is 256 g/mol. The highest BCUT2D eigenvalue weighted by atomic mass is 15.1. The minimum Gasteiger partial charge on any atom is -0.371 e. The van der Waals surface area contributed by atoms with E-state index in [9.17, 15) is 0 Å². The summed E-state index contributed by atoms with van der Waals surface area (Å²) in [5.74, 6) is 4.13. The van der Waals surface area contributed by atoms with Crippen LogP contribution in [0.4, 0.5) is 0 Å². The highest BCUT2D eigenvalue weighted by molar-refractivity contribution is 5.86. The highest BCUT2D eigenvalue weighted by Gasteiger charge is 2.35. The van der Waals surface area contributed by atoms with Gasteiger partial charge in [-0.3, -0.25) is 4.99 Å². The Kier molecular flexibility index (Phi) is 4.23. The molecule has 0 aromatic rings. The monoisotopic (exact) mass is 288 g/mol. The minimum absolute atomic E-state index is 0.661. The SMILES string of the molecule is C1CCC(C[C@H]2CCC[C@H]2N=C2NC3CCC2CC3)CC1. The van der Waals surface area contributed by atoms with Gasteiger partial charge in [-0.1, -0.05) is 38.5 Å². The fraction of sp³-hybridized carbons (Fsp3) is 0.947.